The molecule has 0 aliphatic heterocycles. The van der Waals surface area contributed by atoms with Crippen LogP contribution >= 0.6 is 7.82 Å². The van der Waals surface area contributed by atoms with E-state index in [0.717, 1.165) is 13.3 Å². The summed E-state index contributed by atoms with van der Waals surface area (Å²) < 4.78 is 19.5. The van der Waals surface area contributed by atoms with Crippen LogP contribution < -0.4 is 9.95 Å². The van der Waals surface area contributed by atoms with Crippen molar-refractivity contribution in [1.29, 1.82) is 0 Å². The highest BCUT2D eigenvalue weighted by atomic mass is 31.2. The van der Waals surface area contributed by atoms with E-state index < -0.39 is 24.8 Å². The molecule has 7 nitrogen and oxygen atoms in total. The van der Waals surface area contributed by atoms with E-state index in [9.17, 15) is 14.5 Å². The van der Waals surface area contributed by atoms with Gasteiger partial charge in [-0.25, -0.2) is 4.57 Å². The number of pyridine rings is 1. The minimum absolute atomic E-state index is 0.234. The first-order chi connectivity index (χ1) is 6.87. The fourth-order valence-electron chi connectivity index (χ4n) is 0.824. The second-order valence-electron chi connectivity index (χ2n) is 2.70. The van der Waals surface area contributed by atoms with E-state index in [1.54, 1.807) is 0 Å². The number of aryl methyl sites for hydroxylation is 1. The largest absolute Gasteiger partial charge is 0.527 e. The lowest BCUT2D eigenvalue weighted by molar-refractivity contribution is 0.241. The standard InChI is InChI=1S/C7H10NO6P/c1-4-6(9)7(10)5(3-8-4)14-15(11,12)13-2/h3,9H,1-2H3,(H,8,10)(H,11,12). The molecular weight excluding hydrogens is 225 g/mol. The lowest BCUT2D eigenvalue weighted by atomic mass is 10.3. The molecule has 0 aliphatic carbocycles. The highest BCUT2D eigenvalue weighted by Crippen LogP contribution is 2.41. The molecule has 84 valence electrons. The van der Waals surface area contributed by atoms with E-state index in [4.69, 9.17) is 4.89 Å². The maximum Gasteiger partial charge on any atom is 0.527 e. The Balaban J connectivity index is 3.14. The van der Waals surface area contributed by atoms with Gasteiger partial charge in [-0.2, -0.15) is 0 Å². The van der Waals surface area contributed by atoms with Crippen LogP contribution in [0.1, 0.15) is 5.69 Å². The van der Waals surface area contributed by atoms with Crippen LogP contribution in [0.3, 0.4) is 0 Å². The fraction of sp³-hybridized carbons (Fsp3) is 0.286. The van der Waals surface area contributed by atoms with Gasteiger partial charge in [-0.15, -0.1) is 0 Å². The van der Waals surface area contributed by atoms with Crippen molar-refractivity contribution < 1.29 is 23.6 Å². The van der Waals surface area contributed by atoms with E-state index >= 15 is 0 Å². The maximum absolute atomic E-state index is 11.3. The monoisotopic (exact) mass is 235 g/mol. The van der Waals surface area contributed by atoms with Crippen molar-refractivity contribution >= 4 is 7.82 Å². The zero-order valence-electron chi connectivity index (χ0n) is 8.05. The van der Waals surface area contributed by atoms with E-state index in [2.05, 4.69) is 14.0 Å². The zero-order chi connectivity index (χ0) is 11.6. The van der Waals surface area contributed by atoms with Gasteiger partial charge in [0.1, 0.15) is 0 Å². The number of nitrogens with one attached hydrogen (secondary N) is 1. The third kappa shape index (κ3) is 2.59. The summed E-state index contributed by atoms with van der Waals surface area (Å²) in [4.78, 5) is 22.7. The van der Waals surface area contributed by atoms with Crippen molar-refractivity contribution in [2.45, 2.75) is 6.92 Å². The smallest absolute Gasteiger partial charge is 0.503 e. The number of rotatable bonds is 3. The molecule has 0 aromatic carbocycles. The predicted octanol–water partition coefficient (Wildman–Crippen LogP) is 0.515. The number of aromatic nitrogens is 1. The highest BCUT2D eigenvalue weighted by molar-refractivity contribution is 7.47. The van der Waals surface area contributed by atoms with Gasteiger partial charge in [0.2, 0.25) is 0 Å². The molecule has 0 saturated heterocycles. The number of hydrogen-bond donors (Lipinski definition) is 3. The lowest BCUT2D eigenvalue weighted by Crippen LogP contribution is -2.08. The minimum atomic E-state index is -4.29. The summed E-state index contributed by atoms with van der Waals surface area (Å²) in [6, 6.07) is 0. The van der Waals surface area contributed by atoms with Gasteiger partial charge in [-0.05, 0) is 6.92 Å². The van der Waals surface area contributed by atoms with Gasteiger partial charge in [-0.1, -0.05) is 0 Å². The number of aromatic amines is 1. The Morgan fingerprint density at radius 3 is 2.67 bits per heavy atom. The average molecular weight is 235 g/mol. The first-order valence-electron chi connectivity index (χ1n) is 3.87. The maximum atomic E-state index is 11.3. The van der Waals surface area contributed by atoms with Crippen LogP contribution in [0.2, 0.25) is 0 Å². The van der Waals surface area contributed by atoms with E-state index in [1.807, 2.05) is 0 Å². The van der Waals surface area contributed by atoms with Crippen LogP contribution in [0.15, 0.2) is 11.0 Å². The Morgan fingerprint density at radius 1 is 1.53 bits per heavy atom. The second kappa shape index (κ2) is 4.06. The van der Waals surface area contributed by atoms with Crippen molar-refractivity contribution in [2.24, 2.45) is 0 Å². The molecule has 0 bridgehead atoms. The summed E-state index contributed by atoms with van der Waals surface area (Å²) in [6.45, 7) is 1.47. The molecule has 0 fully saturated rings. The number of H-pyrrole nitrogens is 1. The number of hydrogen-bond acceptors (Lipinski definition) is 5. The molecule has 0 radical (unpaired) electrons. The normalized spacial score (nSPS) is 14.6. The third-order valence-electron chi connectivity index (χ3n) is 1.66. The zero-order valence-corrected chi connectivity index (χ0v) is 8.95. The van der Waals surface area contributed by atoms with Crippen LogP contribution in [0, 0.1) is 6.92 Å². The van der Waals surface area contributed by atoms with Gasteiger partial charge in [-0.3, -0.25) is 14.2 Å². The highest BCUT2D eigenvalue weighted by Gasteiger charge is 2.23. The fourth-order valence-corrected chi connectivity index (χ4v) is 1.28. The number of phosphoric ester groups is 1. The topological polar surface area (TPSA) is 109 Å². The Kier molecular flexibility index (Phi) is 3.18. The third-order valence-corrected chi connectivity index (χ3v) is 2.55. The molecule has 1 unspecified atom stereocenters. The van der Waals surface area contributed by atoms with Crippen molar-refractivity contribution in [3.05, 3.63) is 22.1 Å². The molecule has 1 aromatic rings. The van der Waals surface area contributed by atoms with Gasteiger partial charge < -0.3 is 14.6 Å². The minimum Gasteiger partial charge on any atom is -0.503 e. The molecule has 15 heavy (non-hydrogen) atoms. The lowest BCUT2D eigenvalue weighted by Gasteiger charge is -2.09. The van der Waals surface area contributed by atoms with Crippen LogP contribution in [-0.4, -0.2) is 22.1 Å². The Morgan fingerprint density at radius 2 is 2.13 bits per heavy atom. The van der Waals surface area contributed by atoms with Crippen LogP contribution in [0.5, 0.6) is 11.5 Å². The second-order valence-corrected chi connectivity index (χ2v) is 4.18. The van der Waals surface area contributed by atoms with Gasteiger partial charge in [0, 0.05) is 13.3 Å². The van der Waals surface area contributed by atoms with E-state index in [1.165, 1.54) is 6.92 Å². The molecule has 1 rings (SSSR count). The van der Waals surface area contributed by atoms with Crippen molar-refractivity contribution in [3.8, 4) is 11.5 Å². The predicted molar refractivity (Wildman–Crippen MR) is 50.9 cm³/mol. The molecule has 8 heteroatoms. The molecule has 1 heterocycles. The van der Waals surface area contributed by atoms with E-state index in [-0.39, 0.29) is 5.69 Å². The molecule has 1 aromatic heterocycles. The first kappa shape index (κ1) is 11.8. The van der Waals surface area contributed by atoms with Gasteiger partial charge >= 0.3 is 7.82 Å². The summed E-state index contributed by atoms with van der Waals surface area (Å²) in [5, 5.41) is 9.22. The van der Waals surface area contributed by atoms with Crippen LogP contribution in [0.4, 0.5) is 0 Å². The molecule has 1 atom stereocenters. The molecular formula is C7H10NO6P. The van der Waals surface area contributed by atoms with Crippen molar-refractivity contribution in [1.82, 2.24) is 4.98 Å². The van der Waals surface area contributed by atoms with Crippen molar-refractivity contribution in [2.75, 3.05) is 7.11 Å². The molecule has 0 aliphatic rings. The first-order valence-corrected chi connectivity index (χ1v) is 5.36. The summed E-state index contributed by atoms with van der Waals surface area (Å²) in [7, 11) is -3.33. The van der Waals surface area contributed by atoms with Gasteiger partial charge in [0.15, 0.2) is 11.5 Å². The summed E-state index contributed by atoms with van der Waals surface area (Å²) in [5.74, 6) is -1.05. The summed E-state index contributed by atoms with van der Waals surface area (Å²) in [6.07, 6.45) is 1.07. The van der Waals surface area contributed by atoms with Crippen LogP contribution in [-0.2, 0) is 9.09 Å². The molecule has 3 N–H and O–H groups in total. The number of phosphoric acid groups is 1. The van der Waals surface area contributed by atoms with Crippen LogP contribution in [0.25, 0.3) is 0 Å². The molecule has 0 saturated carbocycles. The Bertz CT molecular complexity index is 467. The molecule has 0 amide bonds. The SMILES string of the molecule is COP(=O)(O)Oc1c[nH]c(C)c(O)c1=O. The van der Waals surface area contributed by atoms with Gasteiger partial charge in [0.05, 0.1) is 5.69 Å². The van der Waals surface area contributed by atoms with Gasteiger partial charge in [0.25, 0.3) is 5.43 Å². The van der Waals surface area contributed by atoms with Crippen molar-refractivity contribution in [3.63, 3.8) is 0 Å². The number of aromatic hydroxyl groups is 1. The average Bonchev–Trinajstić information content (AvgIpc) is 2.19. The quantitative estimate of drug-likeness (QED) is 0.659. The summed E-state index contributed by atoms with van der Waals surface area (Å²) in [5.41, 5.74) is -0.643. The Hall–Kier alpha value is -1.30. The Labute approximate surface area is 84.9 Å². The summed E-state index contributed by atoms with van der Waals surface area (Å²) >= 11 is 0. The molecule has 0 spiro atoms. The van der Waals surface area contributed by atoms with E-state index in [0.29, 0.717) is 0 Å².